The number of amides is 1. The fourth-order valence-electron chi connectivity index (χ4n) is 4.20. The van der Waals surface area contributed by atoms with E-state index in [0.29, 0.717) is 6.04 Å². The summed E-state index contributed by atoms with van der Waals surface area (Å²) < 4.78 is 22.0. The van der Waals surface area contributed by atoms with E-state index in [4.69, 9.17) is 4.74 Å². The molecule has 2 N–H and O–H groups in total. The van der Waals surface area contributed by atoms with Gasteiger partial charge in [0.15, 0.2) is 0 Å². The van der Waals surface area contributed by atoms with Crippen molar-refractivity contribution >= 4 is 23.7 Å². The molecule has 1 aromatic heterocycles. The van der Waals surface area contributed by atoms with Crippen molar-refractivity contribution in [3.8, 4) is 0 Å². The van der Waals surface area contributed by atoms with E-state index in [2.05, 4.69) is 32.1 Å². The minimum absolute atomic E-state index is 0.0374. The average Bonchev–Trinajstić information content (AvgIpc) is 2.84. The molecule has 2 fully saturated rings. The second kappa shape index (κ2) is 11.1. The van der Waals surface area contributed by atoms with Gasteiger partial charge in [-0.25, -0.2) is 9.37 Å². The molecule has 2 aromatic rings. The lowest BCUT2D eigenvalue weighted by molar-refractivity contribution is -0.126. The summed E-state index contributed by atoms with van der Waals surface area (Å²) in [4.78, 5) is 20.6. The van der Waals surface area contributed by atoms with Crippen molar-refractivity contribution in [3.63, 3.8) is 0 Å². The smallest absolute Gasteiger partial charge is 0.223 e. The molecule has 0 spiro atoms. The largest absolute Gasteiger partial charge is 0.378 e. The predicted molar refractivity (Wildman–Crippen MR) is 125 cm³/mol. The molecule has 0 radical (unpaired) electrons. The lowest BCUT2D eigenvalue weighted by Crippen LogP contribution is -2.37. The summed E-state index contributed by atoms with van der Waals surface area (Å²) in [6.07, 6.45) is 5.59. The Labute approximate surface area is 193 Å². The van der Waals surface area contributed by atoms with Crippen LogP contribution in [0.25, 0.3) is 0 Å². The molecule has 32 heavy (non-hydrogen) atoms. The number of aromatic nitrogens is 1. The van der Waals surface area contributed by atoms with Gasteiger partial charge < -0.3 is 15.0 Å². The lowest BCUT2D eigenvalue weighted by Gasteiger charge is -2.29. The summed E-state index contributed by atoms with van der Waals surface area (Å²) in [7, 11) is 0. The van der Waals surface area contributed by atoms with E-state index < -0.39 is 0 Å². The molecular formula is C24H31FN4O2S. The van der Waals surface area contributed by atoms with Crippen molar-refractivity contribution < 1.29 is 13.9 Å². The Kier molecular flexibility index (Phi) is 8.00. The Bertz CT molecular complexity index is 867. The standard InChI is InChI=1S/C24H31FN4O2S/c1-17(18-2-6-20(25)7-3-18)27-24(30)19-4-8-21(9-5-19)28-32-22-10-11-23(26-16-22)29-12-14-31-15-13-29/h2-3,6-7,10-11,16-17,19,21,28H,4-5,8-9,12-15H2,1H3,(H,27,30)/t17-,19-,21-/m1/s1. The fraction of sp³-hybridized carbons (Fsp3) is 0.500. The summed E-state index contributed by atoms with van der Waals surface area (Å²) in [6, 6.07) is 10.7. The number of nitrogens with one attached hydrogen (secondary N) is 2. The molecule has 8 heteroatoms. The minimum atomic E-state index is -0.264. The van der Waals surface area contributed by atoms with Crippen LogP contribution in [0, 0.1) is 11.7 Å². The van der Waals surface area contributed by atoms with Gasteiger partial charge in [0.25, 0.3) is 0 Å². The second-order valence-corrected chi connectivity index (χ2v) is 9.41. The first-order chi connectivity index (χ1) is 15.6. The fourth-order valence-corrected chi connectivity index (χ4v) is 4.98. The van der Waals surface area contributed by atoms with Crippen molar-refractivity contribution in [3.05, 3.63) is 54.0 Å². The van der Waals surface area contributed by atoms with Crippen LogP contribution in [0.1, 0.15) is 44.2 Å². The summed E-state index contributed by atoms with van der Waals surface area (Å²) in [6.45, 7) is 5.22. The SMILES string of the molecule is C[C@@H](NC(=O)[C@H]1CC[C@H](NSc2ccc(N3CCOCC3)nc2)CC1)c1ccc(F)cc1. The van der Waals surface area contributed by atoms with Crippen LogP contribution in [0.5, 0.6) is 0 Å². The predicted octanol–water partition coefficient (Wildman–Crippen LogP) is 4.09. The average molecular weight is 459 g/mol. The lowest BCUT2D eigenvalue weighted by atomic mass is 9.85. The highest BCUT2D eigenvalue weighted by atomic mass is 32.2. The highest BCUT2D eigenvalue weighted by Gasteiger charge is 2.27. The molecule has 1 saturated carbocycles. The van der Waals surface area contributed by atoms with Crippen LogP contribution in [0.3, 0.4) is 0 Å². The highest BCUT2D eigenvalue weighted by Crippen LogP contribution is 2.28. The molecule has 1 saturated heterocycles. The van der Waals surface area contributed by atoms with Gasteiger partial charge >= 0.3 is 0 Å². The molecule has 2 aliphatic rings. The number of anilines is 1. The zero-order valence-electron chi connectivity index (χ0n) is 18.4. The van der Waals surface area contributed by atoms with Crippen molar-refractivity contribution in [2.24, 2.45) is 5.92 Å². The molecule has 1 amide bonds. The molecule has 1 aliphatic heterocycles. The zero-order valence-corrected chi connectivity index (χ0v) is 19.2. The minimum Gasteiger partial charge on any atom is -0.378 e. The van der Waals surface area contributed by atoms with Crippen LogP contribution >= 0.6 is 11.9 Å². The molecule has 0 bridgehead atoms. The number of nitrogens with zero attached hydrogens (tertiary/aromatic N) is 2. The summed E-state index contributed by atoms with van der Waals surface area (Å²) >= 11 is 1.61. The van der Waals surface area contributed by atoms with Gasteiger partial charge in [-0.2, -0.15) is 0 Å². The van der Waals surface area contributed by atoms with Gasteiger partial charge in [0, 0.05) is 36.1 Å². The topological polar surface area (TPSA) is 66.5 Å². The molecule has 4 rings (SSSR count). The number of hydrogen-bond donors (Lipinski definition) is 2. The summed E-state index contributed by atoms with van der Waals surface area (Å²) in [5, 5.41) is 3.08. The van der Waals surface area contributed by atoms with Gasteiger partial charge in [0.05, 0.1) is 19.3 Å². The number of rotatable bonds is 7. The number of pyridine rings is 1. The van der Waals surface area contributed by atoms with Crippen LogP contribution in [-0.2, 0) is 9.53 Å². The molecule has 1 atom stereocenters. The second-order valence-electron chi connectivity index (χ2n) is 8.50. The maximum atomic E-state index is 13.1. The maximum Gasteiger partial charge on any atom is 0.223 e. The number of hydrogen-bond acceptors (Lipinski definition) is 6. The van der Waals surface area contributed by atoms with Gasteiger partial charge in [-0.05, 0) is 74.4 Å². The first kappa shape index (κ1) is 23.0. The highest BCUT2D eigenvalue weighted by molar-refractivity contribution is 7.97. The Morgan fingerprint density at radius 1 is 1.12 bits per heavy atom. The quantitative estimate of drug-likeness (QED) is 0.610. The summed E-state index contributed by atoms with van der Waals surface area (Å²) in [5.74, 6) is 0.866. The number of carbonyl (C=O) groups is 1. The molecule has 1 aliphatic carbocycles. The Morgan fingerprint density at radius 3 is 2.50 bits per heavy atom. The van der Waals surface area contributed by atoms with Crippen LogP contribution < -0.4 is 14.9 Å². The van der Waals surface area contributed by atoms with E-state index in [0.717, 1.165) is 68.3 Å². The van der Waals surface area contributed by atoms with E-state index in [-0.39, 0.29) is 23.7 Å². The Morgan fingerprint density at radius 2 is 1.84 bits per heavy atom. The Hall–Kier alpha value is -2.16. The van der Waals surface area contributed by atoms with Crippen LogP contribution in [0.15, 0.2) is 47.5 Å². The van der Waals surface area contributed by atoms with Gasteiger partial charge in [0.1, 0.15) is 11.6 Å². The summed E-state index contributed by atoms with van der Waals surface area (Å²) in [5.41, 5.74) is 0.916. The Balaban J connectivity index is 1.18. The number of ether oxygens (including phenoxy) is 1. The van der Waals surface area contributed by atoms with Crippen LogP contribution in [-0.4, -0.2) is 43.2 Å². The van der Waals surface area contributed by atoms with Gasteiger partial charge in [-0.1, -0.05) is 12.1 Å². The number of carbonyl (C=O) groups excluding carboxylic acids is 1. The molecule has 6 nitrogen and oxygen atoms in total. The third-order valence-electron chi connectivity index (χ3n) is 6.23. The van der Waals surface area contributed by atoms with Crippen LogP contribution in [0.4, 0.5) is 10.2 Å². The molecule has 2 heterocycles. The molecule has 0 unspecified atom stereocenters. The monoisotopic (exact) mass is 458 g/mol. The zero-order chi connectivity index (χ0) is 22.3. The van der Waals surface area contributed by atoms with Gasteiger partial charge in [0.2, 0.25) is 5.91 Å². The van der Waals surface area contributed by atoms with Crippen LogP contribution in [0.2, 0.25) is 0 Å². The van der Waals surface area contributed by atoms with E-state index in [9.17, 15) is 9.18 Å². The first-order valence-corrected chi connectivity index (χ1v) is 12.2. The normalized spacial score (nSPS) is 22.4. The third-order valence-corrected chi connectivity index (χ3v) is 7.15. The van der Waals surface area contributed by atoms with Crippen molar-refractivity contribution in [1.29, 1.82) is 0 Å². The van der Waals surface area contributed by atoms with Gasteiger partial charge in [-0.3, -0.25) is 9.52 Å². The van der Waals surface area contributed by atoms with E-state index in [1.165, 1.54) is 12.1 Å². The number of benzene rings is 1. The number of halogens is 1. The van der Waals surface area contributed by atoms with E-state index in [1.54, 1.807) is 24.1 Å². The van der Waals surface area contributed by atoms with Crippen molar-refractivity contribution in [1.82, 2.24) is 15.0 Å². The molecular weight excluding hydrogens is 427 g/mol. The van der Waals surface area contributed by atoms with Crippen molar-refractivity contribution in [2.75, 3.05) is 31.2 Å². The first-order valence-electron chi connectivity index (χ1n) is 11.4. The third kappa shape index (κ3) is 6.21. The van der Waals surface area contributed by atoms with Crippen molar-refractivity contribution in [2.45, 2.75) is 49.6 Å². The van der Waals surface area contributed by atoms with E-state index in [1.807, 2.05) is 13.1 Å². The molecule has 172 valence electrons. The van der Waals surface area contributed by atoms with Gasteiger partial charge in [-0.15, -0.1) is 0 Å². The number of morpholine rings is 1. The van der Waals surface area contributed by atoms with E-state index >= 15 is 0 Å². The maximum absolute atomic E-state index is 13.1. The molecule has 1 aromatic carbocycles.